The summed E-state index contributed by atoms with van der Waals surface area (Å²) in [6, 6.07) is 146. The average Bonchev–Trinajstić information content (AvgIpc) is 0.938. The number of benzene rings is 16. The predicted molar refractivity (Wildman–Crippen MR) is 481 cm³/mol. The SMILES string of the molecule is CC(C)(C)c1ccc2c(c1)c1cc(C(C)(C)C)ccc1n2-c1cc2c3c(c1)N(c1ccc4c(c1)c1ccccc1n4-c1ccccc1)c1c(ccc4c1oc1ccccc14)B3c1ccc([Si](c3ccccc3)(c3ccccc3)c3ccccc3)cc1N2c1cccc([Si](c2ccccc2)(c2ccccc2)c2ccccc2)c1. The second kappa shape index (κ2) is 25.8. The van der Waals surface area contributed by atoms with E-state index in [0.717, 1.165) is 94.9 Å². The molecule has 0 bridgehead atoms. The Morgan fingerprint density at radius 2 is 0.661 bits per heavy atom. The van der Waals surface area contributed by atoms with Crippen LogP contribution >= 0.6 is 0 Å². The normalized spacial score (nSPS) is 13.0. The molecule has 0 fully saturated rings. The van der Waals surface area contributed by atoms with Gasteiger partial charge in [-0.2, -0.15) is 0 Å². The third-order valence-electron chi connectivity index (χ3n) is 24.5. The van der Waals surface area contributed by atoms with E-state index in [-0.39, 0.29) is 17.5 Å². The van der Waals surface area contributed by atoms with Gasteiger partial charge in [0.1, 0.15) is 5.58 Å². The number of furan rings is 1. The molecule has 112 heavy (non-hydrogen) atoms. The van der Waals surface area contributed by atoms with Crippen molar-refractivity contribution in [2.24, 2.45) is 0 Å². The van der Waals surface area contributed by atoms with Crippen LogP contribution in [0, 0.1) is 0 Å². The highest BCUT2D eigenvalue weighted by atomic mass is 28.3. The molecule has 0 radical (unpaired) electrons. The lowest BCUT2D eigenvalue weighted by atomic mass is 9.33. The van der Waals surface area contributed by atoms with Gasteiger partial charge in [-0.25, -0.2) is 0 Å². The van der Waals surface area contributed by atoms with E-state index < -0.39 is 16.1 Å². The summed E-state index contributed by atoms with van der Waals surface area (Å²) in [5.41, 5.74) is 20.9. The molecule has 0 atom stereocenters. The highest BCUT2D eigenvalue weighted by Gasteiger charge is 2.49. The summed E-state index contributed by atoms with van der Waals surface area (Å²) in [7, 11) is -6.40. The van der Waals surface area contributed by atoms with Crippen molar-refractivity contribution in [3.05, 3.63) is 393 Å². The molecule has 2 aliphatic rings. The number of hydrogen-bond donors (Lipinski definition) is 0. The van der Waals surface area contributed by atoms with Gasteiger partial charge in [-0.15, -0.1) is 0 Å². The first kappa shape index (κ1) is 67.2. The van der Waals surface area contributed by atoms with Gasteiger partial charge < -0.3 is 23.4 Å². The molecule has 21 rings (SSSR count). The molecule has 19 aromatic rings. The topological polar surface area (TPSA) is 29.5 Å². The Bertz CT molecular complexity index is 6640. The lowest BCUT2D eigenvalue weighted by molar-refractivity contribution is 0.590. The number of para-hydroxylation sites is 3. The van der Waals surface area contributed by atoms with Gasteiger partial charge in [0.05, 0.1) is 33.4 Å². The van der Waals surface area contributed by atoms with Gasteiger partial charge in [-0.1, -0.05) is 327 Å². The molecule has 0 unspecified atom stereocenters. The van der Waals surface area contributed by atoms with Gasteiger partial charge in [0, 0.05) is 66.4 Å². The standard InChI is InChI=1S/C104H81BN4OSi2/c1-103(2,3)70-53-60-93-87(63-70)88-64-71(104(4,5)6)54-61-94(88)108(93)75-67-97-100-98(68-75)109(74-55-62-95-89(66-74)84-49-28-30-51-92(84)106(95)72-33-14-7-15-34-72)101-91(59-57-86-85-50-29-31-52-99(85)110-102(86)101)105(100)90-58-56-83(112(79-42-22-11-23-43-79,80-44-24-12-25-45-80)81-46-26-13-27-47-81)69-96(90)107(97)73-35-32-48-82(65-73)111(76-36-16-8-17-37-76,77-38-18-9-19-39-77)78-40-20-10-21-41-78/h7-69H,1-6H3. The number of hydrogen-bond acceptors (Lipinski definition) is 3. The Morgan fingerprint density at radius 3 is 1.19 bits per heavy atom. The van der Waals surface area contributed by atoms with Crippen LogP contribution in [0.4, 0.5) is 34.1 Å². The molecule has 5 heterocycles. The molecule has 0 saturated heterocycles. The maximum absolute atomic E-state index is 7.56. The van der Waals surface area contributed by atoms with Crippen molar-refractivity contribution < 1.29 is 4.42 Å². The van der Waals surface area contributed by atoms with Gasteiger partial charge in [0.2, 0.25) is 0 Å². The van der Waals surface area contributed by atoms with Crippen molar-refractivity contribution in [3.8, 4) is 11.4 Å². The van der Waals surface area contributed by atoms with Crippen LogP contribution in [0.25, 0.3) is 76.9 Å². The van der Waals surface area contributed by atoms with Gasteiger partial charge in [-0.3, -0.25) is 0 Å². The summed E-state index contributed by atoms with van der Waals surface area (Å²) in [4.78, 5) is 5.32. The van der Waals surface area contributed by atoms with Crippen molar-refractivity contribution >= 4 is 180 Å². The van der Waals surface area contributed by atoms with Crippen LogP contribution in [-0.2, 0) is 10.8 Å². The van der Waals surface area contributed by atoms with Crippen molar-refractivity contribution in [2.45, 2.75) is 52.4 Å². The quantitative estimate of drug-likeness (QED) is 0.0902. The highest BCUT2D eigenvalue weighted by molar-refractivity contribution is 7.20. The smallest absolute Gasteiger partial charge is 0.252 e. The van der Waals surface area contributed by atoms with Crippen LogP contribution in [0.2, 0.25) is 0 Å². The summed E-state index contributed by atoms with van der Waals surface area (Å²) in [5, 5.41) is 17.4. The van der Waals surface area contributed by atoms with Gasteiger partial charge >= 0.3 is 0 Å². The monoisotopic (exact) mass is 1470 g/mol. The van der Waals surface area contributed by atoms with E-state index in [0.29, 0.717) is 0 Å². The fourth-order valence-electron chi connectivity index (χ4n) is 19.3. The minimum atomic E-state index is -3.23. The zero-order valence-corrected chi connectivity index (χ0v) is 65.6. The van der Waals surface area contributed by atoms with Crippen LogP contribution in [-0.4, -0.2) is 32.0 Å². The highest BCUT2D eigenvalue weighted by Crippen LogP contribution is 2.51. The third-order valence-corrected chi connectivity index (χ3v) is 34.0. The summed E-state index contributed by atoms with van der Waals surface area (Å²) < 4.78 is 12.6. The van der Waals surface area contributed by atoms with Crippen LogP contribution in [0.5, 0.6) is 0 Å². The number of rotatable bonds is 12. The molecule has 0 spiro atoms. The molecule has 0 aliphatic carbocycles. The molecule has 8 heteroatoms. The van der Waals surface area contributed by atoms with Crippen LogP contribution < -0.4 is 67.7 Å². The van der Waals surface area contributed by atoms with Crippen LogP contribution in [0.15, 0.2) is 387 Å². The maximum Gasteiger partial charge on any atom is 0.252 e. The molecule has 2 aliphatic heterocycles. The fraction of sp³-hybridized carbons (Fsp3) is 0.0769. The van der Waals surface area contributed by atoms with Crippen LogP contribution in [0.3, 0.4) is 0 Å². The van der Waals surface area contributed by atoms with E-state index >= 15 is 0 Å². The number of anilines is 6. The second-order valence-electron chi connectivity index (χ2n) is 32.7. The van der Waals surface area contributed by atoms with Crippen molar-refractivity contribution in [1.82, 2.24) is 9.13 Å². The first-order valence-electron chi connectivity index (χ1n) is 39.3. The minimum absolute atomic E-state index is 0.106. The largest absolute Gasteiger partial charge is 0.454 e. The van der Waals surface area contributed by atoms with E-state index in [4.69, 9.17) is 4.42 Å². The third kappa shape index (κ3) is 10.2. The van der Waals surface area contributed by atoms with E-state index in [1.807, 2.05) is 0 Å². The molecule has 0 saturated carbocycles. The van der Waals surface area contributed by atoms with E-state index in [9.17, 15) is 0 Å². The van der Waals surface area contributed by atoms with Gasteiger partial charge in [-0.05, 0) is 177 Å². The molecule has 5 nitrogen and oxygen atoms in total. The molecule has 0 amide bonds. The average molecular weight is 1470 g/mol. The zero-order valence-electron chi connectivity index (χ0n) is 63.6. The van der Waals surface area contributed by atoms with E-state index in [1.54, 1.807) is 0 Å². The Hall–Kier alpha value is -13.0. The number of fused-ring (bicyclic) bond motifs is 14. The zero-order chi connectivity index (χ0) is 75.2. The predicted octanol–water partition coefficient (Wildman–Crippen LogP) is 19.2. The van der Waals surface area contributed by atoms with Crippen molar-refractivity contribution in [3.63, 3.8) is 0 Å². The van der Waals surface area contributed by atoms with Crippen molar-refractivity contribution in [1.29, 1.82) is 0 Å². The van der Waals surface area contributed by atoms with E-state index in [2.05, 4.69) is 443 Å². The first-order chi connectivity index (χ1) is 54.8. The van der Waals surface area contributed by atoms with Gasteiger partial charge in [0.15, 0.2) is 21.7 Å². The summed E-state index contributed by atoms with van der Waals surface area (Å²) in [6.07, 6.45) is 0. The maximum atomic E-state index is 7.56. The van der Waals surface area contributed by atoms with Crippen LogP contribution in [0.1, 0.15) is 52.7 Å². The number of aromatic nitrogens is 2. The molecule has 534 valence electrons. The lowest BCUT2D eigenvalue weighted by Gasteiger charge is -2.45. The van der Waals surface area contributed by atoms with Crippen molar-refractivity contribution in [2.75, 3.05) is 9.80 Å². The molecule has 3 aromatic heterocycles. The molecule has 16 aromatic carbocycles. The Kier molecular flexibility index (Phi) is 15.5. The number of nitrogens with zero attached hydrogens (tertiary/aromatic N) is 4. The Morgan fingerprint density at radius 1 is 0.259 bits per heavy atom. The second-order valence-corrected chi connectivity index (χ2v) is 40.3. The summed E-state index contributed by atoms with van der Waals surface area (Å²) >= 11 is 0. The minimum Gasteiger partial charge on any atom is -0.454 e. The summed E-state index contributed by atoms with van der Waals surface area (Å²) in [6.45, 7) is 13.7. The molecular weight excluding hydrogens is 1390 g/mol. The van der Waals surface area contributed by atoms with E-state index in [1.165, 1.54) is 85.2 Å². The summed E-state index contributed by atoms with van der Waals surface area (Å²) in [5.74, 6) is 0. The first-order valence-corrected chi connectivity index (χ1v) is 43.3. The van der Waals surface area contributed by atoms with Gasteiger partial charge in [0.25, 0.3) is 6.71 Å². The Labute approximate surface area is 656 Å². The molecular formula is C104H81BN4OSi2. The Balaban J connectivity index is 0.943. The fourth-order valence-corrected chi connectivity index (χ4v) is 28.9. The molecule has 0 N–H and O–H groups in total. The lowest BCUT2D eigenvalue weighted by Crippen LogP contribution is -2.75.